The summed E-state index contributed by atoms with van der Waals surface area (Å²) in [5.74, 6) is -1.16. The molecule has 1 aliphatic heterocycles. The van der Waals surface area contributed by atoms with Gasteiger partial charge in [0.1, 0.15) is 11.7 Å². The first-order valence-electron chi connectivity index (χ1n) is 6.34. The van der Waals surface area contributed by atoms with Gasteiger partial charge in [-0.25, -0.2) is 0 Å². The summed E-state index contributed by atoms with van der Waals surface area (Å²) in [6, 6.07) is 18.1. The summed E-state index contributed by atoms with van der Waals surface area (Å²) >= 11 is 0. The van der Waals surface area contributed by atoms with Gasteiger partial charge in [-0.05, 0) is 6.08 Å². The maximum atomic E-state index is 12.3. The van der Waals surface area contributed by atoms with Crippen molar-refractivity contribution in [3.63, 3.8) is 0 Å². The second-order valence-corrected chi connectivity index (χ2v) is 4.53. The Balaban J connectivity index is 1.90. The second kappa shape index (κ2) is 5.13. The molecule has 0 bridgehead atoms. The topological polar surface area (TPSA) is 43.4 Å². The molecular weight excluding hydrogens is 252 g/mol. The van der Waals surface area contributed by atoms with Crippen LogP contribution < -0.4 is 0 Å². The standard InChI is InChI=1S/C17H12O3/c18-16(13-9-5-2-6-10-13)14-11-15(20-17(14)19)12-7-3-1-4-8-12/h1-11,14H. The Labute approximate surface area is 116 Å². The van der Waals surface area contributed by atoms with Crippen LogP contribution in [-0.4, -0.2) is 11.8 Å². The quantitative estimate of drug-likeness (QED) is 0.486. The number of carbonyl (C=O) groups is 2. The summed E-state index contributed by atoms with van der Waals surface area (Å²) in [5, 5.41) is 0. The Morgan fingerprint density at radius 2 is 1.50 bits per heavy atom. The Hall–Kier alpha value is -2.68. The van der Waals surface area contributed by atoms with Crippen molar-refractivity contribution in [1.29, 1.82) is 0 Å². The first-order chi connectivity index (χ1) is 9.75. The normalized spacial score (nSPS) is 17.5. The molecule has 98 valence electrons. The fourth-order valence-electron chi connectivity index (χ4n) is 2.15. The van der Waals surface area contributed by atoms with Crippen molar-refractivity contribution >= 4 is 17.5 Å². The average Bonchev–Trinajstić information content (AvgIpc) is 2.90. The summed E-state index contributed by atoms with van der Waals surface area (Å²) < 4.78 is 5.20. The highest BCUT2D eigenvalue weighted by Crippen LogP contribution is 2.28. The molecule has 0 saturated carbocycles. The second-order valence-electron chi connectivity index (χ2n) is 4.53. The van der Waals surface area contributed by atoms with Gasteiger partial charge in [0, 0.05) is 11.1 Å². The van der Waals surface area contributed by atoms with Crippen molar-refractivity contribution in [2.24, 2.45) is 5.92 Å². The Morgan fingerprint density at radius 3 is 2.15 bits per heavy atom. The molecule has 0 spiro atoms. The predicted octanol–water partition coefficient (Wildman–Crippen LogP) is 3.08. The minimum Gasteiger partial charge on any atom is -0.425 e. The van der Waals surface area contributed by atoms with E-state index in [9.17, 15) is 9.59 Å². The number of cyclic esters (lactones) is 1. The van der Waals surface area contributed by atoms with Crippen LogP contribution in [0.5, 0.6) is 0 Å². The highest BCUT2D eigenvalue weighted by Gasteiger charge is 2.34. The van der Waals surface area contributed by atoms with Gasteiger partial charge in [-0.3, -0.25) is 9.59 Å². The van der Waals surface area contributed by atoms with Crippen LogP contribution in [0.3, 0.4) is 0 Å². The molecule has 1 unspecified atom stereocenters. The van der Waals surface area contributed by atoms with Crippen molar-refractivity contribution in [2.45, 2.75) is 0 Å². The van der Waals surface area contributed by atoms with E-state index in [0.717, 1.165) is 5.56 Å². The minimum absolute atomic E-state index is 0.235. The van der Waals surface area contributed by atoms with Crippen molar-refractivity contribution in [2.75, 3.05) is 0 Å². The molecule has 0 aliphatic carbocycles. The number of rotatable bonds is 3. The van der Waals surface area contributed by atoms with Gasteiger partial charge in [0.05, 0.1) is 0 Å². The SMILES string of the molecule is O=C1OC(c2ccccc2)=CC1C(=O)c1ccccc1. The molecular formula is C17H12O3. The summed E-state index contributed by atoms with van der Waals surface area (Å²) in [6.07, 6.45) is 1.59. The summed E-state index contributed by atoms with van der Waals surface area (Å²) in [7, 11) is 0. The number of hydrogen-bond donors (Lipinski definition) is 0. The predicted molar refractivity (Wildman–Crippen MR) is 74.8 cm³/mol. The number of esters is 1. The molecule has 1 heterocycles. The van der Waals surface area contributed by atoms with E-state index in [1.54, 1.807) is 30.3 Å². The molecule has 20 heavy (non-hydrogen) atoms. The van der Waals surface area contributed by atoms with E-state index in [-0.39, 0.29) is 5.78 Å². The van der Waals surface area contributed by atoms with Gasteiger partial charge >= 0.3 is 5.97 Å². The highest BCUT2D eigenvalue weighted by molar-refractivity contribution is 6.13. The van der Waals surface area contributed by atoms with E-state index in [1.165, 1.54) is 0 Å². The lowest BCUT2D eigenvalue weighted by Gasteiger charge is -2.03. The van der Waals surface area contributed by atoms with Crippen LogP contribution in [0, 0.1) is 5.92 Å². The van der Waals surface area contributed by atoms with Gasteiger partial charge in [0.15, 0.2) is 5.78 Å². The number of hydrogen-bond acceptors (Lipinski definition) is 3. The van der Waals surface area contributed by atoms with Crippen molar-refractivity contribution < 1.29 is 14.3 Å². The molecule has 0 saturated heterocycles. The maximum absolute atomic E-state index is 12.3. The van der Waals surface area contributed by atoms with Crippen LogP contribution in [0.2, 0.25) is 0 Å². The lowest BCUT2D eigenvalue weighted by atomic mass is 9.97. The lowest BCUT2D eigenvalue weighted by molar-refractivity contribution is -0.136. The molecule has 3 heteroatoms. The lowest BCUT2D eigenvalue weighted by Crippen LogP contribution is -2.19. The first kappa shape index (κ1) is 12.4. The van der Waals surface area contributed by atoms with Crippen LogP contribution in [0.15, 0.2) is 66.7 Å². The zero-order chi connectivity index (χ0) is 13.9. The number of Topliss-reactive ketones (excluding diaryl/α,β-unsaturated/α-hetero) is 1. The third kappa shape index (κ3) is 2.26. The zero-order valence-corrected chi connectivity index (χ0v) is 10.7. The van der Waals surface area contributed by atoms with Crippen molar-refractivity contribution in [3.8, 4) is 0 Å². The van der Waals surface area contributed by atoms with Gasteiger partial charge in [0.2, 0.25) is 0 Å². The number of ether oxygens (including phenoxy) is 1. The molecule has 3 nitrogen and oxygen atoms in total. The van der Waals surface area contributed by atoms with E-state index in [2.05, 4.69) is 0 Å². The van der Waals surface area contributed by atoms with E-state index in [4.69, 9.17) is 4.74 Å². The van der Waals surface area contributed by atoms with Crippen LogP contribution in [-0.2, 0) is 9.53 Å². The van der Waals surface area contributed by atoms with Gasteiger partial charge < -0.3 is 4.74 Å². The summed E-state index contributed by atoms with van der Waals surface area (Å²) in [5.41, 5.74) is 1.31. The Kier molecular flexibility index (Phi) is 3.17. The third-order valence-electron chi connectivity index (χ3n) is 3.18. The number of ketones is 1. The molecule has 3 rings (SSSR count). The molecule has 2 aromatic rings. The van der Waals surface area contributed by atoms with Crippen LogP contribution in [0.4, 0.5) is 0 Å². The molecule has 0 aromatic heterocycles. The molecule has 0 N–H and O–H groups in total. The molecule has 0 amide bonds. The van der Waals surface area contributed by atoms with Gasteiger partial charge in [-0.1, -0.05) is 60.7 Å². The minimum atomic E-state index is -0.854. The highest BCUT2D eigenvalue weighted by atomic mass is 16.5. The monoisotopic (exact) mass is 264 g/mol. The number of carbonyl (C=O) groups excluding carboxylic acids is 2. The third-order valence-corrected chi connectivity index (χ3v) is 3.18. The van der Waals surface area contributed by atoms with Gasteiger partial charge in [-0.2, -0.15) is 0 Å². The smallest absolute Gasteiger partial charge is 0.326 e. The molecule has 0 fully saturated rings. The molecule has 0 radical (unpaired) electrons. The molecule has 1 aliphatic rings. The van der Waals surface area contributed by atoms with Crippen LogP contribution >= 0.6 is 0 Å². The Bertz CT molecular complexity index is 672. The maximum Gasteiger partial charge on any atom is 0.326 e. The summed E-state index contributed by atoms with van der Waals surface area (Å²) in [4.78, 5) is 24.2. The number of benzene rings is 2. The van der Waals surface area contributed by atoms with Gasteiger partial charge in [0.25, 0.3) is 0 Å². The first-order valence-corrected chi connectivity index (χ1v) is 6.34. The fourth-order valence-corrected chi connectivity index (χ4v) is 2.15. The van der Waals surface area contributed by atoms with Crippen LogP contribution in [0.1, 0.15) is 15.9 Å². The van der Waals surface area contributed by atoms with E-state index >= 15 is 0 Å². The largest absolute Gasteiger partial charge is 0.425 e. The average molecular weight is 264 g/mol. The van der Waals surface area contributed by atoms with E-state index in [1.807, 2.05) is 36.4 Å². The fraction of sp³-hybridized carbons (Fsp3) is 0.0588. The zero-order valence-electron chi connectivity index (χ0n) is 10.7. The van der Waals surface area contributed by atoms with E-state index in [0.29, 0.717) is 11.3 Å². The Morgan fingerprint density at radius 1 is 0.900 bits per heavy atom. The van der Waals surface area contributed by atoms with Gasteiger partial charge in [-0.15, -0.1) is 0 Å². The van der Waals surface area contributed by atoms with Crippen LogP contribution in [0.25, 0.3) is 5.76 Å². The molecule has 2 aromatic carbocycles. The van der Waals surface area contributed by atoms with E-state index < -0.39 is 11.9 Å². The summed E-state index contributed by atoms with van der Waals surface area (Å²) in [6.45, 7) is 0. The van der Waals surface area contributed by atoms with Crippen molar-refractivity contribution in [1.82, 2.24) is 0 Å². The van der Waals surface area contributed by atoms with Crippen molar-refractivity contribution in [3.05, 3.63) is 77.9 Å². The molecule has 1 atom stereocenters.